The van der Waals surface area contributed by atoms with E-state index in [-0.39, 0.29) is 18.8 Å². The van der Waals surface area contributed by atoms with Crippen LogP contribution < -0.4 is 0 Å². The van der Waals surface area contributed by atoms with Crippen molar-refractivity contribution in [1.82, 2.24) is 0 Å². The van der Waals surface area contributed by atoms with E-state index in [4.69, 9.17) is 14.9 Å². The second-order valence-electron chi connectivity index (χ2n) is 10.3. The van der Waals surface area contributed by atoms with Gasteiger partial charge in [0.15, 0.2) is 5.78 Å². The molecule has 0 heterocycles. The summed E-state index contributed by atoms with van der Waals surface area (Å²) in [6, 6.07) is 0. The Morgan fingerprint density at radius 1 is 0.800 bits per heavy atom. The quantitative estimate of drug-likeness (QED) is 0.0807. The van der Waals surface area contributed by atoms with Crippen molar-refractivity contribution in [2.45, 2.75) is 115 Å². The van der Waals surface area contributed by atoms with Gasteiger partial charge in [-0.3, -0.25) is 9.32 Å². The Morgan fingerprint density at radius 3 is 1.54 bits per heavy atom. The van der Waals surface area contributed by atoms with Crippen molar-refractivity contribution in [3.8, 4) is 0 Å². The highest BCUT2D eigenvalue weighted by Gasteiger charge is 2.22. The van der Waals surface area contributed by atoms with Crippen LogP contribution in [0.3, 0.4) is 0 Å². The SMILES string of the molecule is CCCCCCCCCCCCCCCCC(=O)C(O)C(O)CO.C[N+](C)(C)CCOP(=O)(O)O. The third-order valence-electron chi connectivity index (χ3n) is 5.68. The molecular formula is C25H55NO8P+. The van der Waals surface area contributed by atoms with E-state index in [1.54, 1.807) is 0 Å². The summed E-state index contributed by atoms with van der Waals surface area (Å²) < 4.78 is 15.1. The molecule has 212 valence electrons. The highest BCUT2D eigenvalue weighted by molar-refractivity contribution is 7.46. The first-order valence-corrected chi connectivity index (χ1v) is 14.9. The Balaban J connectivity index is 0. The standard InChI is InChI=1S/C20H40O4.C5H14NO4P/c1-2-3-4-5-6-7-8-9-10-11-12-13-14-15-16-18(22)20(24)19(23)17-21;1-6(2,3)4-5-10-11(7,8)9/h19-21,23-24H,2-17H2,1H3;4-5H2,1-3H3,(H-,7,8,9)/p+1. The third kappa shape index (κ3) is 29.7. The topological polar surface area (TPSA) is 145 Å². The maximum atomic E-state index is 11.5. The summed E-state index contributed by atoms with van der Waals surface area (Å²) in [5.74, 6) is -0.365. The normalized spacial score (nSPS) is 13.7. The van der Waals surface area contributed by atoms with E-state index in [0.29, 0.717) is 11.0 Å². The van der Waals surface area contributed by atoms with Gasteiger partial charge in [0.2, 0.25) is 0 Å². The summed E-state index contributed by atoms with van der Waals surface area (Å²) in [7, 11) is 1.50. The summed E-state index contributed by atoms with van der Waals surface area (Å²) in [5, 5.41) is 27.3. The molecule has 0 amide bonds. The van der Waals surface area contributed by atoms with Crippen molar-refractivity contribution in [1.29, 1.82) is 0 Å². The molecule has 0 radical (unpaired) electrons. The molecule has 5 N–H and O–H groups in total. The molecule has 2 atom stereocenters. The highest BCUT2D eigenvalue weighted by atomic mass is 31.2. The molecule has 0 aliphatic rings. The summed E-state index contributed by atoms with van der Waals surface area (Å²) >= 11 is 0. The second-order valence-corrected chi connectivity index (χ2v) is 11.6. The largest absolute Gasteiger partial charge is 0.469 e. The number of aliphatic hydroxyl groups is 3. The summed E-state index contributed by atoms with van der Waals surface area (Å²) in [4.78, 5) is 28.1. The van der Waals surface area contributed by atoms with Gasteiger partial charge in [-0.1, -0.05) is 90.4 Å². The van der Waals surface area contributed by atoms with Crippen LogP contribution >= 0.6 is 7.82 Å². The number of carbonyl (C=O) groups excluding carboxylic acids is 1. The van der Waals surface area contributed by atoms with E-state index >= 15 is 0 Å². The first kappa shape index (κ1) is 36.8. The van der Waals surface area contributed by atoms with Crippen LogP contribution in [-0.2, 0) is 13.9 Å². The summed E-state index contributed by atoms with van der Waals surface area (Å²) in [5.41, 5.74) is 0. The molecule has 0 saturated carbocycles. The zero-order valence-corrected chi connectivity index (χ0v) is 23.6. The number of phosphoric ester groups is 1. The lowest BCUT2D eigenvalue weighted by atomic mass is 10.0. The van der Waals surface area contributed by atoms with Crippen molar-refractivity contribution < 1.29 is 43.5 Å². The molecule has 2 unspecified atom stereocenters. The number of ketones is 1. The minimum atomic E-state index is -4.26. The van der Waals surface area contributed by atoms with E-state index < -0.39 is 26.6 Å². The maximum absolute atomic E-state index is 11.5. The number of unbranched alkanes of at least 4 members (excludes halogenated alkanes) is 13. The number of nitrogens with zero attached hydrogens (tertiary/aromatic N) is 1. The lowest BCUT2D eigenvalue weighted by Crippen LogP contribution is -2.37. The molecule has 0 saturated heterocycles. The van der Waals surface area contributed by atoms with Crippen molar-refractivity contribution in [2.75, 3.05) is 40.9 Å². The number of phosphoric acid groups is 1. The van der Waals surface area contributed by atoms with Gasteiger partial charge < -0.3 is 29.6 Å². The van der Waals surface area contributed by atoms with Gasteiger partial charge in [0, 0.05) is 6.42 Å². The van der Waals surface area contributed by atoms with Crippen molar-refractivity contribution in [3.63, 3.8) is 0 Å². The molecule has 0 aromatic carbocycles. The van der Waals surface area contributed by atoms with Crippen LogP contribution in [0.2, 0.25) is 0 Å². The fraction of sp³-hybridized carbons (Fsp3) is 0.960. The molecule has 0 aromatic heterocycles. The summed E-state index contributed by atoms with van der Waals surface area (Å²) in [6.45, 7) is 2.33. The molecule has 35 heavy (non-hydrogen) atoms. The first-order chi connectivity index (χ1) is 16.3. The predicted molar refractivity (Wildman–Crippen MR) is 140 cm³/mol. The van der Waals surface area contributed by atoms with Gasteiger partial charge in [0.05, 0.1) is 27.7 Å². The number of likely N-dealkylation sites (N-methyl/N-ethyl adjacent to an activating group) is 1. The first-order valence-electron chi connectivity index (χ1n) is 13.3. The molecule has 9 nitrogen and oxygen atoms in total. The molecule has 0 spiro atoms. The van der Waals surface area contributed by atoms with Crippen LogP contribution in [0.4, 0.5) is 0 Å². The number of carbonyl (C=O) groups is 1. The average molecular weight is 529 g/mol. The maximum Gasteiger partial charge on any atom is 0.469 e. The smallest absolute Gasteiger partial charge is 0.394 e. The van der Waals surface area contributed by atoms with Crippen LogP contribution in [0.25, 0.3) is 0 Å². The Bertz CT molecular complexity index is 536. The summed E-state index contributed by atoms with van der Waals surface area (Å²) in [6.07, 6.45) is 15.2. The lowest BCUT2D eigenvalue weighted by Gasteiger charge is -2.23. The molecule has 0 fully saturated rings. The number of hydrogen-bond acceptors (Lipinski definition) is 6. The molecule has 0 aromatic rings. The van der Waals surface area contributed by atoms with E-state index in [9.17, 15) is 19.6 Å². The van der Waals surface area contributed by atoms with Gasteiger partial charge in [-0.15, -0.1) is 0 Å². The Morgan fingerprint density at radius 2 is 1.20 bits per heavy atom. The number of quaternary nitrogens is 1. The number of rotatable bonds is 22. The van der Waals surface area contributed by atoms with Gasteiger partial charge in [0.25, 0.3) is 0 Å². The van der Waals surface area contributed by atoms with Crippen LogP contribution in [-0.4, -0.2) is 88.5 Å². The molecule has 10 heteroatoms. The molecule has 0 aliphatic carbocycles. The van der Waals surface area contributed by atoms with Crippen LogP contribution in [0.15, 0.2) is 0 Å². The van der Waals surface area contributed by atoms with Crippen molar-refractivity contribution in [2.24, 2.45) is 0 Å². The van der Waals surface area contributed by atoms with E-state index in [2.05, 4.69) is 11.4 Å². The molecular weight excluding hydrogens is 473 g/mol. The van der Waals surface area contributed by atoms with Gasteiger partial charge in [0.1, 0.15) is 25.4 Å². The van der Waals surface area contributed by atoms with E-state index in [0.717, 1.165) is 19.3 Å². The fourth-order valence-corrected chi connectivity index (χ4v) is 3.71. The monoisotopic (exact) mass is 528 g/mol. The van der Waals surface area contributed by atoms with E-state index in [1.165, 1.54) is 70.6 Å². The third-order valence-corrected chi connectivity index (χ3v) is 6.20. The number of aliphatic hydroxyl groups excluding tert-OH is 3. The van der Waals surface area contributed by atoms with Gasteiger partial charge in [-0.2, -0.15) is 0 Å². The molecule has 0 rings (SSSR count). The fourth-order valence-electron chi connectivity index (χ4n) is 3.39. The minimum Gasteiger partial charge on any atom is -0.394 e. The van der Waals surface area contributed by atoms with E-state index in [1.807, 2.05) is 21.1 Å². The zero-order chi connectivity index (χ0) is 27.2. The highest BCUT2D eigenvalue weighted by Crippen LogP contribution is 2.35. The van der Waals surface area contributed by atoms with Gasteiger partial charge >= 0.3 is 7.82 Å². The van der Waals surface area contributed by atoms with Crippen molar-refractivity contribution >= 4 is 13.6 Å². The number of Topliss-reactive ketones (excluding diaryl/α,β-unsaturated/α-hetero) is 1. The second kappa shape index (κ2) is 22.8. The lowest BCUT2D eigenvalue weighted by molar-refractivity contribution is -0.870. The molecule has 0 bridgehead atoms. The zero-order valence-electron chi connectivity index (χ0n) is 22.7. The van der Waals surface area contributed by atoms with Crippen LogP contribution in [0.5, 0.6) is 0 Å². The van der Waals surface area contributed by atoms with Gasteiger partial charge in [-0.05, 0) is 6.42 Å². The number of hydrogen-bond donors (Lipinski definition) is 5. The average Bonchev–Trinajstić information content (AvgIpc) is 2.76. The predicted octanol–water partition coefficient (Wildman–Crippen LogP) is 3.94. The molecule has 0 aliphatic heterocycles. The minimum absolute atomic E-state index is 0.0772. The Labute approximate surface area is 213 Å². The van der Waals surface area contributed by atoms with Crippen molar-refractivity contribution in [3.05, 3.63) is 0 Å². The Hall–Kier alpha value is -0.380. The Kier molecular flexibility index (Phi) is 23.9. The van der Waals surface area contributed by atoms with Crippen LogP contribution in [0.1, 0.15) is 103 Å². The van der Waals surface area contributed by atoms with Crippen LogP contribution in [0, 0.1) is 0 Å². The van der Waals surface area contributed by atoms with Gasteiger partial charge in [-0.25, -0.2) is 4.57 Å².